The molecule has 1 unspecified atom stereocenters. The summed E-state index contributed by atoms with van der Waals surface area (Å²) in [5.41, 5.74) is 4.24. The Balaban J connectivity index is 1.51. The average Bonchev–Trinajstić information content (AvgIpc) is 3.25. The first kappa shape index (κ1) is 18.4. The third-order valence-corrected chi connectivity index (χ3v) is 5.37. The smallest absolute Gasteiger partial charge is 0.262 e. The van der Waals surface area contributed by atoms with E-state index in [-0.39, 0.29) is 11.8 Å². The minimum absolute atomic E-state index is 0.202. The Morgan fingerprint density at radius 2 is 1.68 bits per heavy atom. The number of carbonyl (C=O) groups is 3. The van der Waals surface area contributed by atoms with Crippen molar-refractivity contribution < 1.29 is 14.4 Å². The third kappa shape index (κ3) is 3.10. The third-order valence-electron chi connectivity index (χ3n) is 5.37. The number of amides is 3. The predicted octanol–water partition coefficient (Wildman–Crippen LogP) is 2.23. The molecule has 2 aliphatic rings. The fourth-order valence-electron chi connectivity index (χ4n) is 3.93. The van der Waals surface area contributed by atoms with Crippen LogP contribution in [0.2, 0.25) is 0 Å². The van der Waals surface area contributed by atoms with Crippen LogP contribution in [0.4, 0.5) is 0 Å². The molecule has 0 fully saturated rings. The zero-order valence-electron chi connectivity index (χ0n) is 16.0. The number of benzene rings is 2. The fourth-order valence-corrected chi connectivity index (χ4v) is 3.93. The second-order valence-corrected chi connectivity index (χ2v) is 7.64. The van der Waals surface area contributed by atoms with Crippen LogP contribution >= 0.6 is 0 Å². The van der Waals surface area contributed by atoms with E-state index in [1.807, 2.05) is 19.9 Å². The molecule has 0 aromatic heterocycles. The molecule has 3 amide bonds. The fraction of sp³-hybridized carbons (Fsp3) is 0.318. The van der Waals surface area contributed by atoms with Gasteiger partial charge in [0.1, 0.15) is 6.04 Å². The number of fused-ring (bicyclic) bond motifs is 2. The van der Waals surface area contributed by atoms with Gasteiger partial charge in [-0.05, 0) is 34.7 Å². The van der Waals surface area contributed by atoms with Crippen molar-refractivity contribution in [3.8, 4) is 0 Å². The van der Waals surface area contributed by atoms with Crippen LogP contribution in [0, 0.1) is 5.92 Å². The number of hydrogen-bond acceptors (Lipinski definition) is 4. The standard InChI is InChI=1S/C22H23N3O3/c1-13(2)19(25-21(27)17-5-3-4-6-18(17)22(25)28)20(26)24-10-14-7-8-15-11-23-12-16(15)9-14/h3-9,13,19,23H,10-12H2,1-2H3,(H,24,26). The first-order valence-corrected chi connectivity index (χ1v) is 9.53. The molecular formula is C22H23N3O3. The summed E-state index contributed by atoms with van der Waals surface area (Å²) in [6, 6.07) is 12.0. The van der Waals surface area contributed by atoms with E-state index < -0.39 is 17.9 Å². The van der Waals surface area contributed by atoms with Crippen molar-refractivity contribution in [1.82, 2.24) is 15.5 Å². The van der Waals surface area contributed by atoms with E-state index in [1.54, 1.807) is 24.3 Å². The molecule has 2 aliphatic heterocycles. The minimum Gasteiger partial charge on any atom is -0.350 e. The molecule has 2 heterocycles. The van der Waals surface area contributed by atoms with Crippen LogP contribution in [0.15, 0.2) is 42.5 Å². The molecule has 144 valence electrons. The van der Waals surface area contributed by atoms with E-state index in [2.05, 4.69) is 22.8 Å². The van der Waals surface area contributed by atoms with Crippen LogP contribution in [0.3, 0.4) is 0 Å². The summed E-state index contributed by atoms with van der Waals surface area (Å²) < 4.78 is 0. The Morgan fingerprint density at radius 1 is 1.04 bits per heavy atom. The summed E-state index contributed by atoms with van der Waals surface area (Å²) in [7, 11) is 0. The molecular weight excluding hydrogens is 354 g/mol. The molecule has 6 heteroatoms. The number of nitrogens with zero attached hydrogens (tertiary/aromatic N) is 1. The molecule has 6 nitrogen and oxygen atoms in total. The van der Waals surface area contributed by atoms with Crippen molar-refractivity contribution in [2.24, 2.45) is 5.92 Å². The van der Waals surface area contributed by atoms with Crippen LogP contribution in [0.1, 0.15) is 51.3 Å². The zero-order chi connectivity index (χ0) is 19.8. The summed E-state index contributed by atoms with van der Waals surface area (Å²) in [6.45, 7) is 5.75. The zero-order valence-corrected chi connectivity index (χ0v) is 16.0. The molecule has 1 atom stereocenters. The normalized spacial score (nSPS) is 16.3. The SMILES string of the molecule is CC(C)C(C(=O)NCc1ccc2c(c1)CNC2)N1C(=O)c2ccccc2C1=O. The van der Waals surface area contributed by atoms with E-state index in [4.69, 9.17) is 0 Å². The van der Waals surface area contributed by atoms with Crippen molar-refractivity contribution in [2.45, 2.75) is 39.5 Å². The van der Waals surface area contributed by atoms with Gasteiger partial charge in [-0.2, -0.15) is 0 Å². The van der Waals surface area contributed by atoms with Gasteiger partial charge < -0.3 is 10.6 Å². The maximum atomic E-state index is 13.0. The minimum atomic E-state index is -0.844. The molecule has 2 aromatic carbocycles. The van der Waals surface area contributed by atoms with Gasteiger partial charge >= 0.3 is 0 Å². The van der Waals surface area contributed by atoms with Gasteiger partial charge in [-0.3, -0.25) is 19.3 Å². The molecule has 0 radical (unpaired) electrons. The summed E-state index contributed by atoms with van der Waals surface area (Å²) in [6.07, 6.45) is 0. The van der Waals surface area contributed by atoms with Gasteiger partial charge in [0.15, 0.2) is 0 Å². The molecule has 0 saturated carbocycles. The molecule has 0 aliphatic carbocycles. The van der Waals surface area contributed by atoms with E-state index in [9.17, 15) is 14.4 Å². The molecule has 2 N–H and O–H groups in total. The highest BCUT2D eigenvalue weighted by Gasteiger charge is 2.43. The summed E-state index contributed by atoms with van der Waals surface area (Å²) in [5, 5.41) is 6.21. The Labute approximate surface area is 163 Å². The lowest BCUT2D eigenvalue weighted by molar-refractivity contribution is -0.126. The van der Waals surface area contributed by atoms with E-state index in [0.717, 1.165) is 23.6 Å². The maximum absolute atomic E-state index is 13.0. The first-order chi connectivity index (χ1) is 13.5. The highest BCUT2D eigenvalue weighted by Crippen LogP contribution is 2.27. The lowest BCUT2D eigenvalue weighted by Gasteiger charge is -2.28. The van der Waals surface area contributed by atoms with Crippen molar-refractivity contribution in [1.29, 1.82) is 0 Å². The van der Waals surface area contributed by atoms with E-state index in [1.165, 1.54) is 11.1 Å². The van der Waals surface area contributed by atoms with Crippen LogP contribution in [0.25, 0.3) is 0 Å². The second kappa shape index (κ2) is 7.20. The Morgan fingerprint density at radius 3 is 2.32 bits per heavy atom. The number of carbonyl (C=O) groups excluding carboxylic acids is 3. The Kier molecular flexibility index (Phi) is 4.73. The van der Waals surface area contributed by atoms with E-state index >= 15 is 0 Å². The van der Waals surface area contributed by atoms with Gasteiger partial charge in [0, 0.05) is 19.6 Å². The molecule has 0 spiro atoms. The van der Waals surface area contributed by atoms with Gasteiger partial charge in [0.05, 0.1) is 11.1 Å². The Bertz CT molecular complexity index is 932. The van der Waals surface area contributed by atoms with Crippen molar-refractivity contribution >= 4 is 17.7 Å². The lowest BCUT2D eigenvalue weighted by Crippen LogP contribution is -2.52. The topological polar surface area (TPSA) is 78.5 Å². The van der Waals surface area contributed by atoms with Crippen molar-refractivity contribution in [2.75, 3.05) is 0 Å². The van der Waals surface area contributed by atoms with Crippen LogP contribution in [-0.4, -0.2) is 28.7 Å². The van der Waals surface area contributed by atoms with Crippen LogP contribution in [0.5, 0.6) is 0 Å². The van der Waals surface area contributed by atoms with Crippen LogP contribution < -0.4 is 10.6 Å². The quantitative estimate of drug-likeness (QED) is 0.784. The highest BCUT2D eigenvalue weighted by atomic mass is 16.2. The van der Waals surface area contributed by atoms with Crippen molar-refractivity contribution in [3.05, 3.63) is 70.3 Å². The maximum Gasteiger partial charge on any atom is 0.262 e. The van der Waals surface area contributed by atoms with Gasteiger partial charge in [0.25, 0.3) is 11.8 Å². The monoisotopic (exact) mass is 377 g/mol. The molecule has 2 aromatic rings. The van der Waals surface area contributed by atoms with Gasteiger partial charge in [-0.15, -0.1) is 0 Å². The van der Waals surface area contributed by atoms with Gasteiger partial charge in [0.2, 0.25) is 5.91 Å². The van der Waals surface area contributed by atoms with Crippen molar-refractivity contribution in [3.63, 3.8) is 0 Å². The van der Waals surface area contributed by atoms with Gasteiger partial charge in [-0.25, -0.2) is 0 Å². The first-order valence-electron chi connectivity index (χ1n) is 9.53. The lowest BCUT2D eigenvalue weighted by atomic mass is 10.0. The summed E-state index contributed by atoms with van der Waals surface area (Å²) >= 11 is 0. The number of hydrogen-bond donors (Lipinski definition) is 2. The Hall–Kier alpha value is -2.99. The number of nitrogens with one attached hydrogen (secondary N) is 2. The predicted molar refractivity (Wildman–Crippen MR) is 104 cm³/mol. The summed E-state index contributed by atoms with van der Waals surface area (Å²) in [5.74, 6) is -1.33. The van der Waals surface area contributed by atoms with E-state index in [0.29, 0.717) is 17.7 Å². The molecule has 0 bridgehead atoms. The highest BCUT2D eigenvalue weighted by molar-refractivity contribution is 6.22. The molecule has 28 heavy (non-hydrogen) atoms. The molecule has 4 rings (SSSR count). The summed E-state index contributed by atoms with van der Waals surface area (Å²) in [4.78, 5) is 39.6. The van der Waals surface area contributed by atoms with Crippen LogP contribution in [-0.2, 0) is 24.4 Å². The second-order valence-electron chi connectivity index (χ2n) is 7.64. The largest absolute Gasteiger partial charge is 0.350 e. The van der Waals surface area contributed by atoms with Gasteiger partial charge in [-0.1, -0.05) is 44.2 Å². The molecule has 0 saturated heterocycles. The average molecular weight is 377 g/mol. The number of rotatable bonds is 5. The number of imide groups is 1.